The van der Waals surface area contributed by atoms with Gasteiger partial charge in [-0.25, -0.2) is 0 Å². The van der Waals surface area contributed by atoms with Gasteiger partial charge in [0.2, 0.25) is 0 Å². The maximum Gasteiger partial charge on any atom is 0.168 e. The fourth-order valence-electron chi connectivity index (χ4n) is 3.83. The third kappa shape index (κ3) is 2.76. The number of allylic oxidation sites excluding steroid dienone is 1. The number of hydrogen-bond donors (Lipinski definition) is 0. The lowest BCUT2D eigenvalue weighted by Gasteiger charge is -2.17. The van der Waals surface area contributed by atoms with Crippen molar-refractivity contribution in [2.24, 2.45) is 11.8 Å². The average molecular weight is 319 g/mol. The molecule has 24 heavy (non-hydrogen) atoms. The van der Waals surface area contributed by atoms with Gasteiger partial charge in [-0.05, 0) is 23.3 Å². The van der Waals surface area contributed by atoms with Crippen LogP contribution in [-0.2, 0) is 11.3 Å². The highest BCUT2D eigenvalue weighted by Crippen LogP contribution is 2.38. The summed E-state index contributed by atoms with van der Waals surface area (Å²) in [5.41, 5.74) is 3.23. The van der Waals surface area contributed by atoms with Crippen LogP contribution in [0.3, 0.4) is 0 Å². The first-order valence-corrected chi connectivity index (χ1v) is 8.41. The fourth-order valence-corrected chi connectivity index (χ4v) is 3.83. The first kappa shape index (κ1) is 15.2. The number of nitrogens with zero attached hydrogens (tertiary/aromatic N) is 1. The molecule has 0 radical (unpaired) electrons. The first-order chi connectivity index (χ1) is 11.7. The highest BCUT2D eigenvalue weighted by Gasteiger charge is 2.42. The molecule has 2 atom stereocenters. The molecule has 1 fully saturated rings. The predicted molar refractivity (Wildman–Crippen MR) is 94.7 cm³/mol. The predicted octanol–water partition coefficient (Wildman–Crippen LogP) is 3.41. The summed E-state index contributed by atoms with van der Waals surface area (Å²) in [5.74, 6) is 1.66. The molecule has 0 spiro atoms. The third-order valence-electron chi connectivity index (χ3n) is 5.07. The molecule has 1 heterocycles. The van der Waals surface area contributed by atoms with Crippen LogP contribution >= 0.6 is 0 Å². The maximum absolute atomic E-state index is 12.8. The van der Waals surface area contributed by atoms with Crippen LogP contribution in [0, 0.1) is 11.8 Å². The number of ether oxygens (including phenoxy) is 1. The van der Waals surface area contributed by atoms with Crippen LogP contribution in [0.25, 0.3) is 5.57 Å². The number of fused-ring (bicyclic) bond motifs is 1. The van der Waals surface area contributed by atoms with Crippen molar-refractivity contribution in [1.29, 1.82) is 0 Å². The van der Waals surface area contributed by atoms with E-state index in [1.807, 2.05) is 42.5 Å². The van der Waals surface area contributed by atoms with Crippen molar-refractivity contribution >= 4 is 11.4 Å². The van der Waals surface area contributed by atoms with E-state index in [4.69, 9.17) is 4.74 Å². The zero-order valence-corrected chi connectivity index (χ0v) is 13.8. The minimum absolute atomic E-state index is 0.124. The molecule has 2 aromatic carbocycles. The Morgan fingerprint density at radius 1 is 1.04 bits per heavy atom. The van der Waals surface area contributed by atoms with Crippen LogP contribution in [0.4, 0.5) is 0 Å². The van der Waals surface area contributed by atoms with E-state index in [9.17, 15) is 4.79 Å². The van der Waals surface area contributed by atoms with Crippen molar-refractivity contribution in [3.8, 4) is 5.75 Å². The quantitative estimate of drug-likeness (QED) is 0.865. The van der Waals surface area contributed by atoms with Gasteiger partial charge in [0.25, 0.3) is 0 Å². The number of Topliss-reactive ketones (excluding diaryl/α,β-unsaturated/α-hetero) is 1. The molecule has 1 aliphatic carbocycles. The zero-order valence-electron chi connectivity index (χ0n) is 13.8. The minimum Gasteiger partial charge on any atom is -0.497 e. The lowest BCUT2D eigenvalue weighted by atomic mass is 9.97. The van der Waals surface area contributed by atoms with E-state index in [0.717, 1.165) is 36.5 Å². The Hall–Kier alpha value is -2.39. The third-order valence-corrected chi connectivity index (χ3v) is 5.07. The molecule has 2 aromatic rings. The largest absolute Gasteiger partial charge is 0.497 e. The lowest BCUT2D eigenvalue weighted by Crippen LogP contribution is -2.23. The summed E-state index contributed by atoms with van der Waals surface area (Å²) >= 11 is 0. The summed E-state index contributed by atoms with van der Waals surface area (Å²) in [7, 11) is 1.68. The summed E-state index contributed by atoms with van der Waals surface area (Å²) in [6, 6.07) is 18.2. The maximum atomic E-state index is 12.8. The van der Waals surface area contributed by atoms with Crippen LogP contribution < -0.4 is 4.74 Å². The van der Waals surface area contributed by atoms with Crippen LogP contribution in [0.15, 0.2) is 60.7 Å². The first-order valence-electron chi connectivity index (χ1n) is 8.41. The van der Waals surface area contributed by atoms with E-state index in [2.05, 4.69) is 23.1 Å². The second kappa shape index (κ2) is 6.25. The lowest BCUT2D eigenvalue weighted by molar-refractivity contribution is -0.116. The Morgan fingerprint density at radius 3 is 2.46 bits per heavy atom. The van der Waals surface area contributed by atoms with Crippen molar-refractivity contribution in [2.45, 2.75) is 6.54 Å². The Labute approximate surface area is 142 Å². The Kier molecular flexibility index (Phi) is 3.95. The SMILES string of the molecule is COc1ccc(CN2CC3C=C(c4ccccc4)C(=O)C3C2)cc1. The molecular weight excluding hydrogens is 298 g/mol. The van der Waals surface area contributed by atoms with Crippen molar-refractivity contribution in [3.63, 3.8) is 0 Å². The molecule has 0 saturated carbocycles. The molecule has 2 aliphatic rings. The number of ketones is 1. The number of carbonyl (C=O) groups excluding carboxylic acids is 1. The molecule has 0 bridgehead atoms. The molecule has 1 saturated heterocycles. The molecular formula is C21H21NO2. The van der Waals surface area contributed by atoms with E-state index < -0.39 is 0 Å². The van der Waals surface area contributed by atoms with Gasteiger partial charge < -0.3 is 4.74 Å². The molecule has 4 rings (SSSR count). The normalized spacial score (nSPS) is 23.2. The van der Waals surface area contributed by atoms with Crippen LogP contribution in [0.2, 0.25) is 0 Å². The van der Waals surface area contributed by atoms with Gasteiger partial charge in [-0.2, -0.15) is 0 Å². The summed E-state index contributed by atoms with van der Waals surface area (Å²) < 4.78 is 5.20. The van der Waals surface area contributed by atoms with E-state index in [0.29, 0.717) is 11.7 Å². The van der Waals surface area contributed by atoms with Gasteiger partial charge in [-0.1, -0.05) is 48.5 Å². The van der Waals surface area contributed by atoms with Gasteiger partial charge in [0.15, 0.2) is 5.78 Å². The van der Waals surface area contributed by atoms with E-state index in [1.165, 1.54) is 5.56 Å². The van der Waals surface area contributed by atoms with Crippen molar-refractivity contribution in [3.05, 3.63) is 71.8 Å². The zero-order chi connectivity index (χ0) is 16.5. The van der Waals surface area contributed by atoms with E-state index in [1.54, 1.807) is 7.11 Å². The van der Waals surface area contributed by atoms with Crippen molar-refractivity contribution in [2.75, 3.05) is 20.2 Å². The number of carbonyl (C=O) groups is 1. The molecule has 0 N–H and O–H groups in total. The van der Waals surface area contributed by atoms with E-state index >= 15 is 0 Å². The summed E-state index contributed by atoms with van der Waals surface area (Å²) in [6.07, 6.45) is 2.19. The number of rotatable bonds is 4. The number of benzene rings is 2. The Bertz CT molecular complexity index is 764. The molecule has 122 valence electrons. The fraction of sp³-hybridized carbons (Fsp3) is 0.286. The van der Waals surface area contributed by atoms with Gasteiger partial charge >= 0.3 is 0 Å². The van der Waals surface area contributed by atoms with Gasteiger partial charge in [0.05, 0.1) is 7.11 Å². The number of methoxy groups -OCH3 is 1. The van der Waals surface area contributed by atoms with Crippen LogP contribution in [0.1, 0.15) is 11.1 Å². The molecule has 3 heteroatoms. The van der Waals surface area contributed by atoms with Gasteiger partial charge in [-0.15, -0.1) is 0 Å². The molecule has 3 nitrogen and oxygen atoms in total. The highest BCUT2D eigenvalue weighted by molar-refractivity contribution is 6.24. The highest BCUT2D eigenvalue weighted by atomic mass is 16.5. The minimum atomic E-state index is 0.124. The average Bonchev–Trinajstić information content (AvgIpc) is 3.15. The van der Waals surface area contributed by atoms with Crippen LogP contribution in [0.5, 0.6) is 5.75 Å². The second-order valence-electron chi connectivity index (χ2n) is 6.62. The number of likely N-dealkylation sites (tertiary alicyclic amines) is 1. The smallest absolute Gasteiger partial charge is 0.168 e. The molecule has 1 aliphatic heterocycles. The second-order valence-corrected chi connectivity index (χ2v) is 6.62. The van der Waals surface area contributed by atoms with Gasteiger partial charge in [0.1, 0.15) is 5.75 Å². The Balaban J connectivity index is 1.45. The van der Waals surface area contributed by atoms with Crippen molar-refractivity contribution in [1.82, 2.24) is 4.90 Å². The Morgan fingerprint density at radius 2 is 1.79 bits per heavy atom. The van der Waals surface area contributed by atoms with Gasteiger partial charge in [0, 0.05) is 37.0 Å². The summed E-state index contributed by atoms with van der Waals surface area (Å²) in [4.78, 5) is 15.1. The molecule has 2 unspecified atom stereocenters. The van der Waals surface area contributed by atoms with Crippen LogP contribution in [-0.4, -0.2) is 30.9 Å². The van der Waals surface area contributed by atoms with Gasteiger partial charge in [-0.3, -0.25) is 9.69 Å². The monoisotopic (exact) mass is 319 g/mol. The van der Waals surface area contributed by atoms with E-state index in [-0.39, 0.29) is 5.92 Å². The molecule has 0 aromatic heterocycles. The van der Waals surface area contributed by atoms with Crippen molar-refractivity contribution < 1.29 is 9.53 Å². The summed E-state index contributed by atoms with van der Waals surface area (Å²) in [6.45, 7) is 2.69. The topological polar surface area (TPSA) is 29.5 Å². The molecule has 0 amide bonds. The summed E-state index contributed by atoms with van der Waals surface area (Å²) in [5, 5.41) is 0. The standard InChI is InChI=1S/C21H21NO2/c1-24-18-9-7-15(8-10-18)12-22-13-17-11-19(21(23)20(17)14-22)16-5-3-2-4-6-16/h2-11,17,20H,12-14H2,1H3. The number of hydrogen-bond acceptors (Lipinski definition) is 3.